The molecule has 2 aliphatic rings. The molecule has 0 radical (unpaired) electrons. The van der Waals surface area contributed by atoms with Crippen LogP contribution in [0.2, 0.25) is 0 Å². The number of hydrogen-bond acceptors (Lipinski definition) is 4. The zero-order valence-electron chi connectivity index (χ0n) is 43.0. The van der Waals surface area contributed by atoms with Gasteiger partial charge in [0.1, 0.15) is 10.0 Å². The minimum atomic E-state index is -0.471. The van der Waals surface area contributed by atoms with E-state index in [9.17, 15) is 0 Å². The van der Waals surface area contributed by atoms with Crippen molar-refractivity contribution in [3.05, 3.63) is 252 Å². The van der Waals surface area contributed by atoms with Gasteiger partial charge in [-0.2, -0.15) is 0 Å². The molecule has 360 valence electrons. The molecule has 0 N–H and O–H groups in total. The van der Waals surface area contributed by atoms with Gasteiger partial charge in [-0.15, -0.1) is 22.7 Å². The average Bonchev–Trinajstić information content (AvgIpc) is 4.41. The third-order valence-electron chi connectivity index (χ3n) is 15.9. The fraction of sp³-hybridized carbons (Fsp3) is 0.127. The molecule has 0 atom stereocenters. The van der Waals surface area contributed by atoms with Crippen molar-refractivity contribution >= 4 is 43.1 Å². The van der Waals surface area contributed by atoms with E-state index >= 15 is 0 Å². The quantitative estimate of drug-likeness (QED) is 0.166. The van der Waals surface area contributed by atoms with Crippen LogP contribution < -0.4 is 0 Å². The predicted molar refractivity (Wildman–Crippen MR) is 319 cm³/mol. The van der Waals surface area contributed by atoms with E-state index in [-0.39, 0.29) is 10.8 Å². The highest BCUT2D eigenvalue weighted by molar-refractivity contribution is 7.22. The lowest BCUT2D eigenvalue weighted by Gasteiger charge is -2.33. The Morgan fingerprint density at radius 2 is 0.667 bits per heavy atom. The molecule has 0 saturated carbocycles. The molecule has 2 nitrogen and oxygen atoms in total. The van der Waals surface area contributed by atoms with E-state index in [1.54, 1.807) is 22.7 Å². The summed E-state index contributed by atoms with van der Waals surface area (Å²) < 4.78 is 2.40. The van der Waals surface area contributed by atoms with Gasteiger partial charge >= 0.3 is 0 Å². The Bertz CT molecular complexity index is 3980. The van der Waals surface area contributed by atoms with E-state index in [2.05, 4.69) is 260 Å². The summed E-state index contributed by atoms with van der Waals surface area (Å²) in [7, 11) is 0. The van der Waals surface area contributed by atoms with E-state index in [1.807, 2.05) is 0 Å². The highest BCUT2D eigenvalue weighted by Gasteiger charge is 2.52. The molecule has 0 aliphatic heterocycles. The Hall–Kier alpha value is -8.02. The van der Waals surface area contributed by atoms with Gasteiger partial charge in [0.05, 0.1) is 25.8 Å². The van der Waals surface area contributed by atoms with E-state index in [1.165, 1.54) is 98.4 Å². The highest BCUT2D eigenvalue weighted by atomic mass is 32.1. The number of benzene rings is 10. The Kier molecular flexibility index (Phi) is 10.3. The van der Waals surface area contributed by atoms with Crippen LogP contribution in [0, 0.1) is 0 Å². The van der Waals surface area contributed by atoms with Gasteiger partial charge in [-0.05, 0) is 166 Å². The van der Waals surface area contributed by atoms with Crippen LogP contribution in [0.15, 0.2) is 218 Å². The van der Waals surface area contributed by atoms with Gasteiger partial charge in [-0.25, -0.2) is 9.97 Å². The van der Waals surface area contributed by atoms with Gasteiger partial charge in [0.25, 0.3) is 0 Å². The number of nitrogens with zero attached hydrogens (tertiary/aromatic N) is 2. The van der Waals surface area contributed by atoms with Crippen LogP contribution in [-0.4, -0.2) is 9.97 Å². The van der Waals surface area contributed by atoms with Gasteiger partial charge in [0.15, 0.2) is 0 Å². The molecule has 14 rings (SSSR count). The first-order valence-electron chi connectivity index (χ1n) is 26.1. The molecule has 10 aromatic carbocycles. The molecular weight excluding hydrogens is 945 g/mol. The second kappa shape index (κ2) is 17.0. The summed E-state index contributed by atoms with van der Waals surface area (Å²) in [5.74, 6) is 0. The van der Waals surface area contributed by atoms with Crippen molar-refractivity contribution in [2.24, 2.45) is 0 Å². The van der Waals surface area contributed by atoms with E-state index < -0.39 is 5.41 Å². The Morgan fingerprint density at radius 3 is 1.17 bits per heavy atom. The molecule has 1 spiro atoms. The maximum absolute atomic E-state index is 4.98. The third kappa shape index (κ3) is 7.48. The van der Waals surface area contributed by atoms with Crippen LogP contribution in [0.4, 0.5) is 0 Å². The van der Waals surface area contributed by atoms with Crippen molar-refractivity contribution in [2.45, 2.75) is 57.8 Å². The maximum Gasteiger partial charge on any atom is 0.124 e. The molecule has 0 saturated heterocycles. The van der Waals surface area contributed by atoms with Gasteiger partial charge in [0, 0.05) is 11.1 Å². The molecule has 2 aromatic heterocycles. The zero-order chi connectivity index (χ0) is 50.8. The number of thiazole rings is 2. The molecule has 0 bridgehead atoms. The van der Waals surface area contributed by atoms with Crippen molar-refractivity contribution in [1.29, 1.82) is 0 Å². The van der Waals surface area contributed by atoms with Crippen LogP contribution in [0.3, 0.4) is 0 Å². The molecule has 0 fully saturated rings. The summed E-state index contributed by atoms with van der Waals surface area (Å²) in [6.07, 6.45) is 0. The lowest BCUT2D eigenvalue weighted by atomic mass is 9.68. The van der Waals surface area contributed by atoms with Gasteiger partial charge in [-0.1, -0.05) is 205 Å². The highest BCUT2D eigenvalue weighted by Crippen LogP contribution is 2.64. The summed E-state index contributed by atoms with van der Waals surface area (Å²) in [6.45, 7) is 14.0. The van der Waals surface area contributed by atoms with E-state index in [0.29, 0.717) is 0 Å². The van der Waals surface area contributed by atoms with Crippen molar-refractivity contribution in [3.63, 3.8) is 0 Å². The van der Waals surface area contributed by atoms with Gasteiger partial charge in [-0.3, -0.25) is 0 Å². The van der Waals surface area contributed by atoms with Gasteiger partial charge in [0.2, 0.25) is 0 Å². The molecule has 0 amide bonds. The smallest absolute Gasteiger partial charge is 0.124 e. The molecular formula is C71H54N2S2. The fourth-order valence-electron chi connectivity index (χ4n) is 11.9. The minimum Gasteiger partial charge on any atom is -0.236 e. The molecule has 2 aliphatic carbocycles. The SMILES string of the molecule is CC(C)(C)c1ccc2c(c1)C1(c3ccccc3-c3ccc(-c4cccc(-c5cc(-c6ccc(-c7nc8ccccc8s7)cc6)cc(-c6ccc(-c7nc8ccccc8s7)cc6)c5)c4)cc31)c1cc(C(C)(C)C)ccc1-2. The van der Waals surface area contributed by atoms with Gasteiger partial charge < -0.3 is 0 Å². The van der Waals surface area contributed by atoms with Crippen molar-refractivity contribution in [2.75, 3.05) is 0 Å². The second-order valence-corrected chi connectivity index (χ2v) is 24.6. The Labute approximate surface area is 447 Å². The Morgan fingerprint density at radius 1 is 0.293 bits per heavy atom. The molecule has 75 heavy (non-hydrogen) atoms. The summed E-state index contributed by atoms with van der Waals surface area (Å²) in [5, 5.41) is 2.07. The van der Waals surface area contributed by atoms with Crippen LogP contribution in [-0.2, 0) is 16.2 Å². The lowest BCUT2D eigenvalue weighted by molar-refractivity contribution is 0.586. The first-order valence-corrected chi connectivity index (χ1v) is 27.7. The molecule has 2 heterocycles. The van der Waals surface area contributed by atoms with Crippen LogP contribution in [0.5, 0.6) is 0 Å². The Balaban J connectivity index is 0.903. The van der Waals surface area contributed by atoms with Crippen LogP contribution in [0.25, 0.3) is 108 Å². The number of rotatable bonds is 6. The standard InChI is InChI=1S/C71H54N2S2/c1-69(2,3)53-31-34-57-58-35-32-54(70(4,5)6)42-62(58)71(61(57)41-53)59-17-8-7-16-55(59)56-33-30-49(40-60(56)71)47-14-13-15-48(36-47)52-38-50(43-22-26-45(27-23-43)67-72-63-18-9-11-20-65(63)74-67)37-51(39-52)44-24-28-46(29-25-44)68-73-64-19-10-12-21-66(64)75-68/h7-42H,1-6H3. The largest absolute Gasteiger partial charge is 0.236 e. The topological polar surface area (TPSA) is 25.8 Å². The first kappa shape index (κ1) is 45.6. The first-order chi connectivity index (χ1) is 36.4. The van der Waals surface area contributed by atoms with Crippen LogP contribution >= 0.6 is 22.7 Å². The maximum atomic E-state index is 4.98. The molecule has 4 heteroatoms. The normalized spacial score (nSPS) is 13.3. The number of hydrogen-bond donors (Lipinski definition) is 0. The van der Waals surface area contributed by atoms with E-state index in [4.69, 9.17) is 9.97 Å². The number of fused-ring (bicyclic) bond motifs is 12. The summed E-state index contributed by atoms with van der Waals surface area (Å²) in [6, 6.07) is 82.1. The monoisotopic (exact) mass is 998 g/mol. The average molecular weight is 999 g/mol. The predicted octanol–water partition coefficient (Wildman–Crippen LogP) is 19.8. The van der Waals surface area contributed by atoms with Crippen molar-refractivity contribution in [3.8, 4) is 87.9 Å². The van der Waals surface area contributed by atoms with Crippen LogP contribution in [0.1, 0.15) is 74.9 Å². The summed E-state index contributed by atoms with van der Waals surface area (Å²) in [5.41, 5.74) is 26.8. The fourth-order valence-corrected chi connectivity index (χ4v) is 13.8. The third-order valence-corrected chi connectivity index (χ3v) is 18.1. The van der Waals surface area contributed by atoms with Crippen molar-refractivity contribution in [1.82, 2.24) is 9.97 Å². The number of aromatic nitrogens is 2. The second-order valence-electron chi connectivity index (χ2n) is 22.6. The summed E-state index contributed by atoms with van der Waals surface area (Å²) in [4.78, 5) is 9.95. The molecule has 12 aromatic rings. The molecule has 0 unspecified atom stereocenters. The minimum absolute atomic E-state index is 0.0107. The summed E-state index contributed by atoms with van der Waals surface area (Å²) >= 11 is 3.48. The zero-order valence-corrected chi connectivity index (χ0v) is 44.6. The lowest BCUT2D eigenvalue weighted by Crippen LogP contribution is -2.27. The van der Waals surface area contributed by atoms with E-state index in [0.717, 1.165) is 43.3 Å². The number of para-hydroxylation sites is 2. The van der Waals surface area contributed by atoms with Crippen molar-refractivity contribution < 1.29 is 0 Å².